The maximum Gasteiger partial charge on any atom is 0.187 e. The first kappa shape index (κ1) is 27.0. The van der Waals surface area contributed by atoms with Gasteiger partial charge in [-0.15, -0.1) is 0 Å². The fourth-order valence-electron chi connectivity index (χ4n) is 3.98. The lowest BCUT2D eigenvalue weighted by atomic mass is 9.96. The zero-order valence-corrected chi connectivity index (χ0v) is 17.6. The molecule has 0 amide bonds. The van der Waals surface area contributed by atoms with Crippen molar-refractivity contribution >= 4 is 0 Å². The van der Waals surface area contributed by atoms with Gasteiger partial charge >= 0.3 is 0 Å². The molecule has 15 heteroatoms. The molecule has 0 aromatic heterocycles. The molecule has 3 aliphatic rings. The topological polar surface area (TPSA) is 248 Å². The Morgan fingerprint density at radius 3 is 1.73 bits per heavy atom. The molecule has 0 bridgehead atoms. The lowest BCUT2D eigenvalue weighted by molar-refractivity contribution is -0.385. The molecule has 3 fully saturated rings. The van der Waals surface area contributed by atoms with Gasteiger partial charge in [-0.25, -0.2) is 0 Å². The third-order valence-electron chi connectivity index (χ3n) is 6.05. The highest BCUT2D eigenvalue weighted by molar-refractivity contribution is 4.95. The van der Waals surface area contributed by atoms with E-state index in [9.17, 15) is 51.1 Å². The van der Waals surface area contributed by atoms with Crippen molar-refractivity contribution in [3.8, 4) is 0 Å². The fourth-order valence-corrected chi connectivity index (χ4v) is 3.98. The molecule has 3 rings (SSSR count). The van der Waals surface area contributed by atoms with Crippen LogP contribution in [0.15, 0.2) is 0 Å². The Labute approximate surface area is 187 Å². The van der Waals surface area contributed by atoms with Crippen molar-refractivity contribution in [1.82, 2.24) is 0 Å². The van der Waals surface area contributed by atoms with E-state index in [-0.39, 0.29) is 0 Å². The zero-order valence-electron chi connectivity index (χ0n) is 17.6. The Morgan fingerprint density at radius 1 is 0.545 bits per heavy atom. The van der Waals surface area contributed by atoms with Crippen molar-refractivity contribution in [1.29, 1.82) is 0 Å². The van der Waals surface area contributed by atoms with Crippen LogP contribution < -0.4 is 0 Å². The number of aliphatic hydroxyl groups excluding tert-OH is 10. The highest BCUT2D eigenvalue weighted by atomic mass is 16.8. The molecule has 0 aliphatic carbocycles. The van der Waals surface area contributed by atoms with Gasteiger partial charge in [-0.1, -0.05) is 0 Å². The highest BCUT2D eigenvalue weighted by Gasteiger charge is 2.53. The molecule has 194 valence electrons. The van der Waals surface area contributed by atoms with Gasteiger partial charge in [0.15, 0.2) is 18.9 Å². The molecular formula is C18H32O15. The molecule has 0 radical (unpaired) electrons. The summed E-state index contributed by atoms with van der Waals surface area (Å²) >= 11 is 0. The lowest BCUT2D eigenvalue weighted by Gasteiger charge is -2.48. The molecule has 33 heavy (non-hydrogen) atoms. The van der Waals surface area contributed by atoms with Crippen LogP contribution in [0.25, 0.3) is 0 Å². The second kappa shape index (κ2) is 11.0. The van der Waals surface area contributed by atoms with Crippen LogP contribution >= 0.6 is 0 Å². The summed E-state index contributed by atoms with van der Waals surface area (Å²) in [5.74, 6) is 0. The van der Waals surface area contributed by atoms with E-state index < -0.39 is 105 Å². The van der Waals surface area contributed by atoms with Crippen LogP contribution in [0.3, 0.4) is 0 Å². The first-order valence-corrected chi connectivity index (χ1v) is 10.4. The van der Waals surface area contributed by atoms with Gasteiger partial charge in [-0.2, -0.15) is 0 Å². The van der Waals surface area contributed by atoms with Gasteiger partial charge in [0.25, 0.3) is 0 Å². The molecule has 15 nitrogen and oxygen atoms in total. The summed E-state index contributed by atoms with van der Waals surface area (Å²) in [6, 6.07) is 0. The van der Waals surface area contributed by atoms with Gasteiger partial charge < -0.3 is 74.7 Å². The van der Waals surface area contributed by atoms with Crippen LogP contribution in [0.4, 0.5) is 0 Å². The second-order valence-corrected chi connectivity index (χ2v) is 8.32. The first-order chi connectivity index (χ1) is 15.5. The predicted octanol–water partition coefficient (Wildman–Crippen LogP) is -6.55. The molecule has 0 aromatic carbocycles. The predicted molar refractivity (Wildman–Crippen MR) is 99.8 cm³/mol. The van der Waals surface area contributed by atoms with Gasteiger partial charge in [-0.05, 0) is 6.92 Å². The van der Waals surface area contributed by atoms with E-state index in [1.165, 1.54) is 6.92 Å². The average Bonchev–Trinajstić information content (AvgIpc) is 2.80. The van der Waals surface area contributed by atoms with Crippen LogP contribution in [-0.4, -0.2) is 156 Å². The largest absolute Gasteiger partial charge is 0.394 e. The molecule has 2 unspecified atom stereocenters. The van der Waals surface area contributed by atoms with E-state index in [0.717, 1.165) is 0 Å². The second-order valence-electron chi connectivity index (χ2n) is 8.32. The number of aliphatic hydroxyl groups is 10. The van der Waals surface area contributed by atoms with Gasteiger partial charge in [0, 0.05) is 0 Å². The molecular weight excluding hydrogens is 456 g/mol. The van der Waals surface area contributed by atoms with Crippen LogP contribution in [0.5, 0.6) is 0 Å². The van der Waals surface area contributed by atoms with Crippen LogP contribution in [0.2, 0.25) is 0 Å². The third kappa shape index (κ3) is 5.32. The third-order valence-corrected chi connectivity index (χ3v) is 6.05. The van der Waals surface area contributed by atoms with E-state index >= 15 is 0 Å². The number of hydrogen-bond donors (Lipinski definition) is 10. The van der Waals surface area contributed by atoms with Crippen molar-refractivity contribution in [3.63, 3.8) is 0 Å². The molecule has 3 heterocycles. The zero-order chi connectivity index (χ0) is 24.6. The van der Waals surface area contributed by atoms with E-state index in [1.54, 1.807) is 0 Å². The number of ether oxygens (including phenoxy) is 5. The van der Waals surface area contributed by atoms with E-state index in [0.29, 0.717) is 0 Å². The minimum Gasteiger partial charge on any atom is -0.394 e. The summed E-state index contributed by atoms with van der Waals surface area (Å²) in [5.41, 5.74) is 0. The van der Waals surface area contributed by atoms with Crippen LogP contribution in [0.1, 0.15) is 6.92 Å². The quantitative estimate of drug-likeness (QED) is 0.167. The standard InChI is InChI=1S/C18H32O15/c1-4-7(21)9(23)13(27)17(29-4)33-15-10(24)8(22)5(2-19)31-18(15)32-14-6(3-20)30-16(28)12(26)11(14)25/h4-28H,2-3H2,1H3/t4-,5+,6+,7+,8-,9+,10-,11+,12+,13-,14+,15+,16?,17?,18-/m0/s1. The molecule has 0 aromatic rings. The maximum atomic E-state index is 10.6. The maximum absolute atomic E-state index is 10.6. The minimum absolute atomic E-state index is 0.760. The summed E-state index contributed by atoms with van der Waals surface area (Å²) in [7, 11) is 0. The Balaban J connectivity index is 1.83. The Hall–Kier alpha value is -0.600. The highest BCUT2D eigenvalue weighted by Crippen LogP contribution is 2.32. The van der Waals surface area contributed by atoms with Crippen molar-refractivity contribution in [2.24, 2.45) is 0 Å². The summed E-state index contributed by atoms with van der Waals surface area (Å²) in [6.45, 7) is -0.128. The smallest absolute Gasteiger partial charge is 0.187 e. The lowest BCUT2D eigenvalue weighted by Crippen LogP contribution is -2.66. The number of hydrogen-bond acceptors (Lipinski definition) is 15. The van der Waals surface area contributed by atoms with Crippen molar-refractivity contribution in [2.45, 2.75) is 99.0 Å². The average molecular weight is 488 g/mol. The molecule has 3 saturated heterocycles. The normalized spacial score (nSPS) is 53.7. The van der Waals surface area contributed by atoms with Crippen LogP contribution in [0, 0.1) is 0 Å². The molecule has 10 N–H and O–H groups in total. The van der Waals surface area contributed by atoms with Gasteiger partial charge in [0.05, 0.1) is 19.3 Å². The van der Waals surface area contributed by atoms with Crippen molar-refractivity contribution in [3.05, 3.63) is 0 Å². The van der Waals surface area contributed by atoms with Gasteiger partial charge in [0.2, 0.25) is 0 Å². The number of rotatable bonds is 6. The molecule has 0 spiro atoms. The van der Waals surface area contributed by atoms with Crippen molar-refractivity contribution < 1.29 is 74.7 Å². The Bertz CT molecular complexity index is 624. The molecule has 0 saturated carbocycles. The van der Waals surface area contributed by atoms with Crippen molar-refractivity contribution in [2.75, 3.05) is 13.2 Å². The first-order valence-electron chi connectivity index (χ1n) is 10.4. The Morgan fingerprint density at radius 2 is 1.12 bits per heavy atom. The van der Waals surface area contributed by atoms with E-state index in [1.807, 2.05) is 0 Å². The SMILES string of the molecule is C[C@@H]1OC(O[C@H]2[C@H](O[C@H]3[C@H](O)[C@@H](O)C(O)O[C@@H]3CO)O[C@H](CO)[C@H](O)[C@@H]2O)[C@@H](O)[C@H](O)[C@@H]1O. The van der Waals surface area contributed by atoms with E-state index in [2.05, 4.69) is 0 Å². The minimum atomic E-state index is -1.83. The van der Waals surface area contributed by atoms with E-state index in [4.69, 9.17) is 23.7 Å². The fraction of sp³-hybridized carbons (Fsp3) is 1.00. The monoisotopic (exact) mass is 488 g/mol. The van der Waals surface area contributed by atoms with Crippen LogP contribution in [-0.2, 0) is 23.7 Å². The summed E-state index contributed by atoms with van der Waals surface area (Å²) in [5, 5.41) is 99.8. The summed E-state index contributed by atoms with van der Waals surface area (Å²) in [4.78, 5) is 0. The van der Waals surface area contributed by atoms with Gasteiger partial charge in [-0.3, -0.25) is 0 Å². The summed E-state index contributed by atoms with van der Waals surface area (Å²) in [6.07, 6.45) is -24.1. The summed E-state index contributed by atoms with van der Waals surface area (Å²) < 4.78 is 26.9. The molecule has 3 aliphatic heterocycles. The van der Waals surface area contributed by atoms with Gasteiger partial charge in [0.1, 0.15) is 67.1 Å². The molecule has 15 atom stereocenters. The Kier molecular flexibility index (Phi) is 8.99.